The van der Waals surface area contributed by atoms with Crippen molar-refractivity contribution in [3.63, 3.8) is 0 Å². The van der Waals surface area contributed by atoms with Gasteiger partial charge in [-0.2, -0.15) is 0 Å². The van der Waals surface area contributed by atoms with E-state index in [1.165, 1.54) is 6.07 Å². The van der Waals surface area contributed by atoms with Crippen LogP contribution in [0, 0.1) is 0 Å². The fourth-order valence-electron chi connectivity index (χ4n) is 2.15. The van der Waals surface area contributed by atoms with Crippen LogP contribution in [0.25, 0.3) is 22.3 Å². The fraction of sp³-hybridized carbons (Fsp3) is 0.125. The first-order valence-corrected chi connectivity index (χ1v) is 6.88. The third kappa shape index (κ3) is 2.51. The molecule has 0 radical (unpaired) electrons. The molecular formula is C16H13ClN2O3. The van der Waals surface area contributed by atoms with Crippen LogP contribution in [-0.2, 0) is 0 Å². The normalized spacial score (nSPS) is 10.7. The topological polar surface area (TPSA) is 64.5 Å². The van der Waals surface area contributed by atoms with E-state index in [1.807, 2.05) is 6.07 Å². The molecule has 3 aromatic rings. The summed E-state index contributed by atoms with van der Waals surface area (Å²) in [7, 11) is 3.17. The van der Waals surface area contributed by atoms with Gasteiger partial charge in [-0.1, -0.05) is 11.6 Å². The van der Waals surface area contributed by atoms with Gasteiger partial charge in [-0.3, -0.25) is 0 Å². The molecule has 0 aliphatic heterocycles. The standard InChI is InChI=1S/C16H13ClN2O3/c1-21-10-6-13-11(15(7-10)22-2)8-18-16(19-13)9-3-4-14(20)12(17)5-9/h3-8,20H,1-2H3. The second kappa shape index (κ2) is 5.69. The molecule has 0 amide bonds. The Bertz CT molecular complexity index is 852. The van der Waals surface area contributed by atoms with Crippen molar-refractivity contribution < 1.29 is 14.6 Å². The van der Waals surface area contributed by atoms with Gasteiger partial charge >= 0.3 is 0 Å². The Hall–Kier alpha value is -2.53. The number of phenols is 1. The zero-order valence-electron chi connectivity index (χ0n) is 12.0. The second-order valence-electron chi connectivity index (χ2n) is 4.62. The largest absolute Gasteiger partial charge is 0.506 e. The smallest absolute Gasteiger partial charge is 0.159 e. The van der Waals surface area contributed by atoms with Crippen molar-refractivity contribution in [1.29, 1.82) is 0 Å². The van der Waals surface area contributed by atoms with Crippen LogP contribution in [0.3, 0.4) is 0 Å². The first kappa shape index (κ1) is 14.4. The summed E-state index contributed by atoms with van der Waals surface area (Å²) in [5, 5.41) is 10.5. The van der Waals surface area contributed by atoms with Crippen molar-refractivity contribution in [2.75, 3.05) is 14.2 Å². The molecule has 0 saturated carbocycles. The van der Waals surface area contributed by atoms with Gasteiger partial charge in [0.25, 0.3) is 0 Å². The van der Waals surface area contributed by atoms with E-state index < -0.39 is 0 Å². The Morgan fingerprint density at radius 2 is 1.91 bits per heavy atom. The molecule has 6 heteroatoms. The molecule has 1 N–H and O–H groups in total. The van der Waals surface area contributed by atoms with E-state index in [-0.39, 0.29) is 10.8 Å². The lowest BCUT2D eigenvalue weighted by Gasteiger charge is -2.09. The fourth-order valence-corrected chi connectivity index (χ4v) is 2.33. The number of phenolic OH excluding ortho intramolecular Hbond substituents is 1. The Morgan fingerprint density at radius 1 is 1.09 bits per heavy atom. The van der Waals surface area contributed by atoms with Gasteiger partial charge in [0.05, 0.1) is 30.1 Å². The Kier molecular flexibility index (Phi) is 3.73. The average Bonchev–Trinajstić information content (AvgIpc) is 2.55. The summed E-state index contributed by atoms with van der Waals surface area (Å²) in [6.07, 6.45) is 1.69. The molecule has 112 valence electrons. The first-order valence-electron chi connectivity index (χ1n) is 6.50. The van der Waals surface area contributed by atoms with Gasteiger partial charge in [-0.25, -0.2) is 9.97 Å². The number of ether oxygens (including phenoxy) is 2. The van der Waals surface area contributed by atoms with Crippen LogP contribution in [0.5, 0.6) is 17.2 Å². The quantitative estimate of drug-likeness (QED) is 0.798. The first-order chi connectivity index (χ1) is 10.6. The van der Waals surface area contributed by atoms with Gasteiger partial charge in [0, 0.05) is 23.9 Å². The Morgan fingerprint density at radius 3 is 2.59 bits per heavy atom. The maximum atomic E-state index is 9.49. The van der Waals surface area contributed by atoms with Gasteiger partial charge in [-0.15, -0.1) is 0 Å². The van der Waals surface area contributed by atoms with E-state index in [4.69, 9.17) is 21.1 Å². The molecule has 2 aromatic carbocycles. The monoisotopic (exact) mass is 316 g/mol. The third-order valence-electron chi connectivity index (χ3n) is 3.30. The minimum absolute atomic E-state index is 0.0227. The maximum Gasteiger partial charge on any atom is 0.159 e. The summed E-state index contributed by atoms with van der Waals surface area (Å²) in [4.78, 5) is 8.86. The number of aromatic nitrogens is 2. The van der Waals surface area contributed by atoms with Gasteiger partial charge in [-0.05, 0) is 18.2 Å². The molecule has 0 fully saturated rings. The van der Waals surface area contributed by atoms with E-state index in [2.05, 4.69) is 9.97 Å². The Balaban J connectivity index is 2.18. The third-order valence-corrected chi connectivity index (χ3v) is 3.60. The zero-order valence-corrected chi connectivity index (χ0v) is 12.8. The predicted octanol–water partition coefficient (Wildman–Crippen LogP) is 3.67. The summed E-state index contributed by atoms with van der Waals surface area (Å²) in [5.74, 6) is 1.82. The zero-order chi connectivity index (χ0) is 15.7. The summed E-state index contributed by atoms with van der Waals surface area (Å²) in [6, 6.07) is 8.43. The second-order valence-corrected chi connectivity index (χ2v) is 5.03. The van der Waals surface area contributed by atoms with Crippen molar-refractivity contribution in [2.45, 2.75) is 0 Å². The van der Waals surface area contributed by atoms with Crippen molar-refractivity contribution in [3.8, 4) is 28.6 Å². The van der Waals surface area contributed by atoms with E-state index >= 15 is 0 Å². The van der Waals surface area contributed by atoms with E-state index in [0.717, 1.165) is 5.39 Å². The van der Waals surface area contributed by atoms with E-state index in [9.17, 15) is 5.11 Å². The van der Waals surface area contributed by atoms with Gasteiger partial charge < -0.3 is 14.6 Å². The highest BCUT2D eigenvalue weighted by Crippen LogP contribution is 2.32. The minimum atomic E-state index is 0.0227. The van der Waals surface area contributed by atoms with Gasteiger partial charge in [0.1, 0.15) is 17.2 Å². The highest BCUT2D eigenvalue weighted by Gasteiger charge is 2.10. The maximum absolute atomic E-state index is 9.49. The number of aromatic hydroxyl groups is 1. The number of nitrogens with zero attached hydrogens (tertiary/aromatic N) is 2. The van der Waals surface area contributed by atoms with Crippen LogP contribution >= 0.6 is 11.6 Å². The van der Waals surface area contributed by atoms with Gasteiger partial charge in [0.2, 0.25) is 0 Å². The number of rotatable bonds is 3. The molecule has 0 bridgehead atoms. The van der Waals surface area contributed by atoms with Crippen LogP contribution in [0.4, 0.5) is 0 Å². The number of methoxy groups -OCH3 is 2. The lowest BCUT2D eigenvalue weighted by Crippen LogP contribution is -1.94. The summed E-state index contributed by atoms with van der Waals surface area (Å²) in [6.45, 7) is 0. The Labute approximate surface area is 132 Å². The molecule has 0 unspecified atom stereocenters. The SMILES string of the molecule is COc1cc(OC)c2cnc(-c3ccc(O)c(Cl)c3)nc2c1. The molecule has 22 heavy (non-hydrogen) atoms. The van der Waals surface area contributed by atoms with Crippen molar-refractivity contribution in [2.24, 2.45) is 0 Å². The van der Waals surface area contributed by atoms with Crippen LogP contribution in [0.2, 0.25) is 5.02 Å². The summed E-state index contributed by atoms with van der Waals surface area (Å²) in [5.41, 5.74) is 1.41. The number of halogens is 1. The highest BCUT2D eigenvalue weighted by atomic mass is 35.5. The highest BCUT2D eigenvalue weighted by molar-refractivity contribution is 6.32. The summed E-state index contributed by atoms with van der Waals surface area (Å²) >= 11 is 5.93. The van der Waals surface area contributed by atoms with E-state index in [1.54, 1.807) is 38.6 Å². The molecule has 1 aromatic heterocycles. The number of hydrogen-bond donors (Lipinski definition) is 1. The molecular weight excluding hydrogens is 304 g/mol. The number of fused-ring (bicyclic) bond motifs is 1. The molecule has 3 rings (SSSR count). The number of hydrogen-bond acceptors (Lipinski definition) is 5. The van der Waals surface area contributed by atoms with Crippen molar-refractivity contribution in [3.05, 3.63) is 41.6 Å². The molecule has 0 saturated heterocycles. The summed E-state index contributed by atoms with van der Waals surface area (Å²) < 4.78 is 10.6. The molecule has 0 aliphatic carbocycles. The predicted molar refractivity (Wildman–Crippen MR) is 84.8 cm³/mol. The molecule has 0 atom stereocenters. The van der Waals surface area contributed by atoms with Crippen LogP contribution in [-0.4, -0.2) is 29.3 Å². The molecule has 1 heterocycles. The minimum Gasteiger partial charge on any atom is -0.506 e. The van der Waals surface area contributed by atoms with Crippen molar-refractivity contribution in [1.82, 2.24) is 9.97 Å². The lowest BCUT2D eigenvalue weighted by molar-refractivity contribution is 0.397. The van der Waals surface area contributed by atoms with E-state index in [0.29, 0.717) is 28.4 Å². The average molecular weight is 317 g/mol. The molecule has 0 spiro atoms. The van der Waals surface area contributed by atoms with Gasteiger partial charge in [0.15, 0.2) is 5.82 Å². The number of benzene rings is 2. The van der Waals surface area contributed by atoms with Crippen molar-refractivity contribution >= 4 is 22.5 Å². The lowest BCUT2D eigenvalue weighted by atomic mass is 10.1. The van der Waals surface area contributed by atoms with Crippen LogP contribution in [0.15, 0.2) is 36.5 Å². The molecule has 0 aliphatic rings. The van der Waals surface area contributed by atoms with Crippen LogP contribution in [0.1, 0.15) is 0 Å². The van der Waals surface area contributed by atoms with Crippen LogP contribution < -0.4 is 9.47 Å². The molecule has 5 nitrogen and oxygen atoms in total.